The minimum Gasteiger partial charge on any atom is -0.478 e. The Morgan fingerprint density at radius 1 is 1.00 bits per heavy atom. The molecule has 0 bridgehead atoms. The molecule has 0 aliphatic rings. The second-order valence-corrected chi connectivity index (χ2v) is 3.65. The summed E-state index contributed by atoms with van der Waals surface area (Å²) >= 11 is 0. The number of rotatable bonds is 1. The van der Waals surface area contributed by atoms with Crippen molar-refractivity contribution < 1.29 is 9.90 Å². The molecule has 0 aromatic heterocycles. The van der Waals surface area contributed by atoms with Crippen molar-refractivity contribution in [3.8, 4) is 11.8 Å². The average molecular weight is 236 g/mol. The second kappa shape index (κ2) is 5.07. The minimum atomic E-state index is -1.11. The fraction of sp³-hybridized carbons (Fsp3) is 0. The summed E-state index contributed by atoms with van der Waals surface area (Å²) in [5.41, 5.74) is 8.93. The quantitative estimate of drug-likeness (QED) is 0.774. The van der Waals surface area contributed by atoms with Gasteiger partial charge in [-0.15, -0.1) is 0 Å². The van der Waals surface area contributed by atoms with Crippen LogP contribution in [-0.4, -0.2) is 11.1 Å². The molecule has 0 fully saturated rings. The van der Waals surface area contributed by atoms with E-state index in [1.54, 1.807) is 12.1 Å². The molecule has 2 aromatic rings. The second-order valence-electron chi connectivity index (χ2n) is 3.65. The van der Waals surface area contributed by atoms with Gasteiger partial charge in [-0.2, -0.15) is 0 Å². The summed E-state index contributed by atoms with van der Waals surface area (Å²) < 4.78 is 0. The van der Waals surface area contributed by atoms with Crippen LogP contribution in [0.25, 0.3) is 0 Å². The number of nitrogens with one attached hydrogen (secondary N) is 1. The third kappa shape index (κ3) is 2.50. The van der Waals surface area contributed by atoms with E-state index in [9.17, 15) is 4.79 Å². The highest BCUT2D eigenvalue weighted by Gasteiger charge is 2.09. The Bertz CT molecular complexity index is 637. The normalized spacial score (nSPS) is 9.33. The predicted octanol–water partition coefficient (Wildman–Crippen LogP) is 2.70. The molecule has 3 nitrogen and oxygen atoms in total. The number of carboxylic acids is 1. The third-order valence-electron chi connectivity index (χ3n) is 2.41. The van der Waals surface area contributed by atoms with E-state index in [0.717, 1.165) is 5.56 Å². The molecular weight excluding hydrogens is 226 g/mol. The van der Waals surface area contributed by atoms with Crippen molar-refractivity contribution >= 4 is 11.7 Å². The van der Waals surface area contributed by atoms with E-state index < -0.39 is 5.97 Å². The summed E-state index contributed by atoms with van der Waals surface area (Å²) in [6.07, 6.45) is 0. The topological polar surface area (TPSA) is 61.1 Å². The van der Waals surface area contributed by atoms with Crippen LogP contribution in [0.15, 0.2) is 48.5 Å². The molecule has 0 aliphatic heterocycles. The SMILES string of the molecule is [NH]c1c(C#Cc2ccccc2)cccc1C(=O)O. The molecule has 0 atom stereocenters. The lowest BCUT2D eigenvalue weighted by Crippen LogP contribution is -1.99. The minimum absolute atomic E-state index is 0.0325. The molecule has 2 aromatic carbocycles. The van der Waals surface area contributed by atoms with Crippen LogP contribution in [-0.2, 0) is 0 Å². The van der Waals surface area contributed by atoms with Gasteiger partial charge in [-0.05, 0) is 24.3 Å². The lowest BCUT2D eigenvalue weighted by atomic mass is 10.1. The summed E-state index contributed by atoms with van der Waals surface area (Å²) in [4.78, 5) is 10.9. The van der Waals surface area contributed by atoms with Crippen LogP contribution in [0.4, 0.5) is 5.69 Å². The van der Waals surface area contributed by atoms with Crippen molar-refractivity contribution in [2.24, 2.45) is 0 Å². The van der Waals surface area contributed by atoms with Crippen molar-refractivity contribution in [1.82, 2.24) is 5.73 Å². The average Bonchev–Trinajstić information content (AvgIpc) is 2.38. The zero-order valence-corrected chi connectivity index (χ0v) is 9.47. The first-order valence-corrected chi connectivity index (χ1v) is 5.33. The zero-order valence-electron chi connectivity index (χ0n) is 9.47. The lowest BCUT2D eigenvalue weighted by Gasteiger charge is -2.00. The molecule has 0 amide bonds. The number of benzene rings is 2. The first-order valence-electron chi connectivity index (χ1n) is 5.33. The summed E-state index contributed by atoms with van der Waals surface area (Å²) in [5.74, 6) is 4.62. The Morgan fingerprint density at radius 2 is 1.72 bits per heavy atom. The molecule has 0 saturated heterocycles. The molecule has 0 saturated carbocycles. The molecule has 18 heavy (non-hydrogen) atoms. The van der Waals surface area contributed by atoms with Gasteiger partial charge in [0.2, 0.25) is 0 Å². The number of hydrogen-bond donors (Lipinski definition) is 1. The number of hydrogen-bond acceptors (Lipinski definition) is 1. The molecule has 3 heteroatoms. The van der Waals surface area contributed by atoms with E-state index in [0.29, 0.717) is 5.56 Å². The summed E-state index contributed by atoms with van der Waals surface area (Å²) in [6, 6.07) is 14.0. The maximum absolute atomic E-state index is 10.9. The molecular formula is C15H10NO2. The number of aromatic carboxylic acids is 1. The smallest absolute Gasteiger partial charge is 0.337 e. The summed E-state index contributed by atoms with van der Waals surface area (Å²) in [5, 5.41) is 8.91. The molecule has 87 valence electrons. The maximum atomic E-state index is 10.9. The fourth-order valence-corrected chi connectivity index (χ4v) is 1.50. The maximum Gasteiger partial charge on any atom is 0.337 e. The predicted molar refractivity (Wildman–Crippen MR) is 68.6 cm³/mol. The van der Waals surface area contributed by atoms with Crippen LogP contribution in [0, 0.1) is 11.8 Å². The van der Waals surface area contributed by atoms with Crippen molar-refractivity contribution in [3.63, 3.8) is 0 Å². The molecule has 0 unspecified atom stereocenters. The highest BCUT2D eigenvalue weighted by molar-refractivity contribution is 5.94. The Kier molecular flexibility index (Phi) is 3.31. The molecule has 0 spiro atoms. The Hall–Kier alpha value is -2.73. The van der Waals surface area contributed by atoms with Crippen molar-refractivity contribution in [3.05, 3.63) is 65.2 Å². The van der Waals surface area contributed by atoms with Gasteiger partial charge in [0.25, 0.3) is 0 Å². The monoisotopic (exact) mass is 236 g/mol. The fourth-order valence-electron chi connectivity index (χ4n) is 1.50. The van der Waals surface area contributed by atoms with Crippen molar-refractivity contribution in [2.75, 3.05) is 0 Å². The van der Waals surface area contributed by atoms with E-state index in [1.807, 2.05) is 30.3 Å². The first-order chi connectivity index (χ1) is 8.68. The van der Waals surface area contributed by atoms with Crippen molar-refractivity contribution in [1.29, 1.82) is 0 Å². The van der Waals surface area contributed by atoms with Crippen LogP contribution >= 0.6 is 0 Å². The van der Waals surface area contributed by atoms with Gasteiger partial charge in [-0.3, -0.25) is 5.73 Å². The molecule has 0 aliphatic carbocycles. The summed E-state index contributed by atoms with van der Waals surface area (Å²) in [7, 11) is 0. The van der Waals surface area contributed by atoms with E-state index in [1.165, 1.54) is 6.07 Å². The number of carbonyl (C=O) groups is 1. The van der Waals surface area contributed by atoms with Crippen LogP contribution in [0.1, 0.15) is 21.5 Å². The standard InChI is InChI=1S/C15H10NO2/c16-14-12(7-4-8-13(14)15(17)18)10-9-11-5-2-1-3-6-11/h1-8,16H,(H,17,18). The highest BCUT2D eigenvalue weighted by Crippen LogP contribution is 2.18. The van der Waals surface area contributed by atoms with Gasteiger partial charge in [0.15, 0.2) is 0 Å². The van der Waals surface area contributed by atoms with Crippen LogP contribution in [0.5, 0.6) is 0 Å². The molecule has 2 rings (SSSR count). The van der Waals surface area contributed by atoms with Gasteiger partial charge in [0.1, 0.15) is 0 Å². The first kappa shape index (κ1) is 11.7. The Balaban J connectivity index is 2.39. The van der Waals surface area contributed by atoms with Gasteiger partial charge in [0, 0.05) is 5.56 Å². The van der Waals surface area contributed by atoms with Crippen molar-refractivity contribution in [2.45, 2.75) is 0 Å². The van der Waals surface area contributed by atoms with E-state index in [4.69, 9.17) is 10.8 Å². The third-order valence-corrected chi connectivity index (χ3v) is 2.41. The van der Waals surface area contributed by atoms with Gasteiger partial charge in [0.05, 0.1) is 16.8 Å². The number of carboxylic acid groups (broad SMARTS) is 1. The van der Waals surface area contributed by atoms with Gasteiger partial charge < -0.3 is 5.11 Å². The van der Waals surface area contributed by atoms with E-state index in [2.05, 4.69) is 11.8 Å². The largest absolute Gasteiger partial charge is 0.478 e. The van der Waals surface area contributed by atoms with Gasteiger partial charge in [-0.1, -0.05) is 36.1 Å². The van der Waals surface area contributed by atoms with Crippen LogP contribution < -0.4 is 5.73 Å². The van der Waals surface area contributed by atoms with Gasteiger partial charge >= 0.3 is 5.97 Å². The molecule has 1 radical (unpaired) electrons. The molecule has 0 heterocycles. The Morgan fingerprint density at radius 3 is 2.39 bits per heavy atom. The van der Waals surface area contributed by atoms with Crippen LogP contribution in [0.3, 0.4) is 0 Å². The van der Waals surface area contributed by atoms with Crippen LogP contribution in [0.2, 0.25) is 0 Å². The Labute approximate surface area is 105 Å². The zero-order chi connectivity index (χ0) is 13.0. The molecule has 2 N–H and O–H groups in total. The highest BCUT2D eigenvalue weighted by atomic mass is 16.4. The van der Waals surface area contributed by atoms with E-state index >= 15 is 0 Å². The lowest BCUT2D eigenvalue weighted by molar-refractivity contribution is 0.0697. The van der Waals surface area contributed by atoms with Gasteiger partial charge in [-0.25, -0.2) is 4.79 Å². The summed E-state index contributed by atoms with van der Waals surface area (Å²) in [6.45, 7) is 0. The van der Waals surface area contributed by atoms with E-state index in [-0.39, 0.29) is 11.3 Å².